The Kier molecular flexibility index (Phi) is 6.81. The average Bonchev–Trinajstić information content (AvgIpc) is 2.88. The van der Waals surface area contributed by atoms with Gasteiger partial charge < -0.3 is 14.8 Å². The SMILES string of the molecule is CCOC(=O)CCNCc1ccc(OCn2nc(C)cc2C)cc1. The molecule has 1 aromatic carbocycles. The van der Waals surface area contributed by atoms with Gasteiger partial charge in [0, 0.05) is 18.8 Å². The van der Waals surface area contributed by atoms with Gasteiger partial charge >= 0.3 is 5.97 Å². The molecule has 2 aromatic rings. The molecule has 24 heavy (non-hydrogen) atoms. The van der Waals surface area contributed by atoms with E-state index in [1.165, 1.54) is 0 Å². The fourth-order valence-corrected chi connectivity index (χ4v) is 2.30. The number of hydrogen-bond donors (Lipinski definition) is 1. The third-order valence-electron chi connectivity index (χ3n) is 3.52. The van der Waals surface area contributed by atoms with E-state index in [0.717, 1.165) is 22.7 Å². The Morgan fingerprint density at radius 2 is 2.00 bits per heavy atom. The molecule has 1 heterocycles. The van der Waals surface area contributed by atoms with E-state index in [1.807, 2.05) is 55.8 Å². The quantitative estimate of drug-likeness (QED) is 0.565. The highest BCUT2D eigenvalue weighted by atomic mass is 16.5. The molecule has 1 N–H and O–H groups in total. The van der Waals surface area contributed by atoms with Crippen LogP contribution in [0.5, 0.6) is 5.75 Å². The van der Waals surface area contributed by atoms with Crippen molar-refractivity contribution in [1.29, 1.82) is 0 Å². The number of carbonyl (C=O) groups is 1. The van der Waals surface area contributed by atoms with Crippen molar-refractivity contribution in [1.82, 2.24) is 15.1 Å². The summed E-state index contributed by atoms with van der Waals surface area (Å²) >= 11 is 0. The zero-order chi connectivity index (χ0) is 17.4. The number of aryl methyl sites for hydroxylation is 2. The van der Waals surface area contributed by atoms with Crippen LogP contribution in [0, 0.1) is 13.8 Å². The first-order chi connectivity index (χ1) is 11.6. The third kappa shape index (κ3) is 5.70. The summed E-state index contributed by atoms with van der Waals surface area (Å²) in [6.07, 6.45) is 0.387. The van der Waals surface area contributed by atoms with Crippen molar-refractivity contribution in [3.8, 4) is 5.75 Å². The van der Waals surface area contributed by atoms with Gasteiger partial charge in [-0.3, -0.25) is 4.79 Å². The molecular weight excluding hydrogens is 306 g/mol. The molecule has 0 aliphatic carbocycles. The molecule has 130 valence electrons. The van der Waals surface area contributed by atoms with Crippen LogP contribution in [0.2, 0.25) is 0 Å². The van der Waals surface area contributed by atoms with Crippen molar-refractivity contribution >= 4 is 5.97 Å². The van der Waals surface area contributed by atoms with Crippen LogP contribution in [0.25, 0.3) is 0 Å². The van der Waals surface area contributed by atoms with Crippen LogP contribution >= 0.6 is 0 Å². The Bertz CT molecular complexity index is 650. The molecule has 0 saturated heterocycles. The molecule has 1 aromatic heterocycles. The first-order valence-corrected chi connectivity index (χ1v) is 8.17. The molecule has 0 spiro atoms. The minimum atomic E-state index is -0.169. The normalized spacial score (nSPS) is 10.6. The van der Waals surface area contributed by atoms with E-state index in [1.54, 1.807) is 0 Å². The number of carbonyl (C=O) groups excluding carboxylic acids is 1. The van der Waals surface area contributed by atoms with Gasteiger partial charge in [0.25, 0.3) is 0 Å². The van der Waals surface area contributed by atoms with Crippen LogP contribution in [0.4, 0.5) is 0 Å². The van der Waals surface area contributed by atoms with E-state index in [0.29, 0.717) is 32.8 Å². The van der Waals surface area contributed by atoms with Crippen molar-refractivity contribution < 1.29 is 14.3 Å². The minimum Gasteiger partial charge on any atom is -0.471 e. The van der Waals surface area contributed by atoms with Crippen molar-refractivity contribution in [2.75, 3.05) is 13.2 Å². The van der Waals surface area contributed by atoms with Gasteiger partial charge in [-0.05, 0) is 44.5 Å². The summed E-state index contributed by atoms with van der Waals surface area (Å²) in [5, 5.41) is 7.59. The van der Waals surface area contributed by atoms with Gasteiger partial charge in [0.05, 0.1) is 18.7 Å². The monoisotopic (exact) mass is 331 g/mol. The summed E-state index contributed by atoms with van der Waals surface area (Å²) < 4.78 is 12.5. The molecule has 0 fully saturated rings. The van der Waals surface area contributed by atoms with Crippen LogP contribution in [-0.4, -0.2) is 28.9 Å². The second kappa shape index (κ2) is 9.08. The van der Waals surface area contributed by atoms with E-state index in [9.17, 15) is 4.79 Å². The van der Waals surface area contributed by atoms with E-state index in [4.69, 9.17) is 9.47 Å². The summed E-state index contributed by atoms with van der Waals surface area (Å²) in [7, 11) is 0. The predicted octanol–water partition coefficient (Wildman–Crippen LogP) is 2.58. The number of ether oxygens (including phenoxy) is 2. The van der Waals surface area contributed by atoms with Crippen molar-refractivity contribution in [3.05, 3.63) is 47.3 Å². The largest absolute Gasteiger partial charge is 0.471 e. The number of aromatic nitrogens is 2. The summed E-state index contributed by atoms with van der Waals surface area (Å²) in [6, 6.07) is 9.91. The van der Waals surface area contributed by atoms with Gasteiger partial charge in [-0.25, -0.2) is 4.68 Å². The summed E-state index contributed by atoms with van der Waals surface area (Å²) in [5.74, 6) is 0.635. The van der Waals surface area contributed by atoms with Crippen LogP contribution in [0.15, 0.2) is 30.3 Å². The van der Waals surface area contributed by atoms with E-state index < -0.39 is 0 Å². The highest BCUT2D eigenvalue weighted by molar-refractivity contribution is 5.69. The molecule has 0 saturated carbocycles. The van der Waals surface area contributed by atoms with Crippen LogP contribution in [-0.2, 0) is 22.8 Å². The second-order valence-corrected chi connectivity index (χ2v) is 5.58. The van der Waals surface area contributed by atoms with Crippen molar-refractivity contribution in [2.45, 2.75) is 40.5 Å². The maximum Gasteiger partial charge on any atom is 0.307 e. The Hall–Kier alpha value is -2.34. The van der Waals surface area contributed by atoms with Gasteiger partial charge in [0.1, 0.15) is 5.75 Å². The number of nitrogens with one attached hydrogen (secondary N) is 1. The topological polar surface area (TPSA) is 65.4 Å². The highest BCUT2D eigenvalue weighted by Crippen LogP contribution is 2.13. The highest BCUT2D eigenvalue weighted by Gasteiger charge is 2.03. The van der Waals surface area contributed by atoms with E-state index in [2.05, 4.69) is 10.4 Å². The lowest BCUT2D eigenvalue weighted by molar-refractivity contribution is -0.142. The molecule has 6 nitrogen and oxygen atoms in total. The molecule has 6 heteroatoms. The molecule has 0 aliphatic heterocycles. The summed E-state index contributed by atoms with van der Waals surface area (Å²) in [4.78, 5) is 11.2. The van der Waals surface area contributed by atoms with E-state index >= 15 is 0 Å². The predicted molar refractivity (Wildman–Crippen MR) is 91.7 cm³/mol. The molecular formula is C18H25N3O3. The standard InChI is InChI=1S/C18H25N3O3/c1-4-23-18(22)9-10-19-12-16-5-7-17(8-6-16)24-13-21-15(3)11-14(2)20-21/h5-8,11,19H,4,9-10,12-13H2,1-3H3. The number of hydrogen-bond acceptors (Lipinski definition) is 5. The van der Waals surface area contributed by atoms with Crippen LogP contribution in [0.3, 0.4) is 0 Å². The van der Waals surface area contributed by atoms with Gasteiger partial charge in [-0.15, -0.1) is 0 Å². The zero-order valence-corrected chi connectivity index (χ0v) is 14.5. The minimum absolute atomic E-state index is 0.169. The maximum atomic E-state index is 11.2. The Labute approximate surface area is 142 Å². The molecule has 0 bridgehead atoms. The number of esters is 1. The smallest absolute Gasteiger partial charge is 0.307 e. The average molecular weight is 331 g/mol. The molecule has 0 radical (unpaired) electrons. The Morgan fingerprint density at radius 1 is 1.25 bits per heavy atom. The molecule has 0 atom stereocenters. The van der Waals surface area contributed by atoms with Gasteiger partial charge in [0.15, 0.2) is 6.73 Å². The summed E-state index contributed by atoms with van der Waals surface area (Å²) in [6.45, 7) is 7.92. The molecule has 0 aliphatic rings. The third-order valence-corrected chi connectivity index (χ3v) is 3.52. The van der Waals surface area contributed by atoms with Gasteiger partial charge in [-0.2, -0.15) is 5.10 Å². The van der Waals surface area contributed by atoms with Crippen LogP contribution < -0.4 is 10.1 Å². The Balaban J connectivity index is 1.72. The van der Waals surface area contributed by atoms with Gasteiger partial charge in [-0.1, -0.05) is 12.1 Å². The maximum absolute atomic E-state index is 11.2. The van der Waals surface area contributed by atoms with Crippen molar-refractivity contribution in [2.24, 2.45) is 0 Å². The number of rotatable bonds is 9. The van der Waals surface area contributed by atoms with Crippen LogP contribution in [0.1, 0.15) is 30.3 Å². The molecule has 2 rings (SSSR count). The lowest BCUT2D eigenvalue weighted by Gasteiger charge is -2.09. The Morgan fingerprint density at radius 3 is 2.62 bits per heavy atom. The van der Waals surface area contributed by atoms with Gasteiger partial charge in [0.2, 0.25) is 0 Å². The van der Waals surface area contributed by atoms with Crippen molar-refractivity contribution in [3.63, 3.8) is 0 Å². The molecule has 0 amide bonds. The summed E-state index contributed by atoms with van der Waals surface area (Å²) in [5.41, 5.74) is 3.20. The molecule has 0 unspecified atom stereocenters. The fourth-order valence-electron chi connectivity index (χ4n) is 2.30. The lowest BCUT2D eigenvalue weighted by Crippen LogP contribution is -2.19. The first kappa shape index (κ1) is 18.0. The zero-order valence-electron chi connectivity index (χ0n) is 14.5. The fraction of sp³-hybridized carbons (Fsp3) is 0.444. The number of nitrogens with zero attached hydrogens (tertiary/aromatic N) is 2. The van der Waals surface area contributed by atoms with E-state index in [-0.39, 0.29) is 5.97 Å². The lowest BCUT2D eigenvalue weighted by atomic mass is 10.2. The number of benzene rings is 1. The second-order valence-electron chi connectivity index (χ2n) is 5.58. The first-order valence-electron chi connectivity index (χ1n) is 8.17.